The fourth-order valence-corrected chi connectivity index (χ4v) is 2.34. The highest BCUT2D eigenvalue weighted by molar-refractivity contribution is 5.92. The normalized spacial score (nSPS) is 10.6. The van der Waals surface area contributed by atoms with Gasteiger partial charge in [0.05, 0.1) is 5.52 Å². The number of aromatic amines is 1. The maximum absolute atomic E-state index is 12.2. The highest BCUT2D eigenvalue weighted by Gasteiger charge is 2.10. The van der Waals surface area contributed by atoms with E-state index in [4.69, 9.17) is 0 Å². The Morgan fingerprint density at radius 3 is 2.71 bits per heavy atom. The van der Waals surface area contributed by atoms with Crippen LogP contribution in [-0.2, 0) is 6.54 Å². The quantitative estimate of drug-likeness (QED) is 0.755. The van der Waals surface area contributed by atoms with Crippen molar-refractivity contribution in [1.82, 2.24) is 20.5 Å². The molecule has 0 aliphatic rings. The monoisotopic (exact) mass is 323 g/mol. The van der Waals surface area contributed by atoms with Gasteiger partial charge in [0, 0.05) is 32.1 Å². The Morgan fingerprint density at radius 1 is 1.21 bits per heavy atom. The van der Waals surface area contributed by atoms with Crippen molar-refractivity contribution >= 4 is 22.6 Å². The minimum absolute atomic E-state index is 0.167. The van der Waals surface area contributed by atoms with Crippen LogP contribution in [0, 0.1) is 0 Å². The predicted molar refractivity (Wildman–Crippen MR) is 92.1 cm³/mol. The van der Waals surface area contributed by atoms with Crippen molar-refractivity contribution in [2.45, 2.75) is 6.54 Å². The first-order valence-electron chi connectivity index (χ1n) is 7.44. The molecule has 2 aromatic heterocycles. The lowest BCUT2D eigenvalue weighted by Gasteiger charge is -2.15. The van der Waals surface area contributed by atoms with Gasteiger partial charge in [0.1, 0.15) is 11.5 Å². The number of aromatic nitrogens is 3. The molecule has 2 heterocycles. The van der Waals surface area contributed by atoms with Gasteiger partial charge in [-0.3, -0.25) is 9.59 Å². The zero-order chi connectivity index (χ0) is 17.1. The molecule has 2 N–H and O–H groups in total. The summed E-state index contributed by atoms with van der Waals surface area (Å²) < 4.78 is 0. The average Bonchev–Trinajstić information content (AvgIpc) is 2.59. The van der Waals surface area contributed by atoms with Crippen molar-refractivity contribution in [2.75, 3.05) is 19.0 Å². The number of carbonyl (C=O) groups is 1. The lowest BCUT2D eigenvalue weighted by Crippen LogP contribution is -2.25. The number of anilines is 1. The third-order valence-electron chi connectivity index (χ3n) is 3.60. The Morgan fingerprint density at radius 2 is 2.00 bits per heavy atom. The van der Waals surface area contributed by atoms with Crippen LogP contribution >= 0.6 is 0 Å². The number of hydrogen-bond acceptors (Lipinski definition) is 5. The molecule has 0 bridgehead atoms. The van der Waals surface area contributed by atoms with Crippen LogP contribution in [0.25, 0.3) is 10.9 Å². The molecule has 3 aromatic rings. The van der Waals surface area contributed by atoms with E-state index in [1.54, 1.807) is 0 Å². The number of H-pyrrole nitrogens is 1. The van der Waals surface area contributed by atoms with Crippen molar-refractivity contribution in [3.63, 3.8) is 0 Å². The van der Waals surface area contributed by atoms with Crippen LogP contribution in [-0.4, -0.2) is 35.2 Å². The summed E-state index contributed by atoms with van der Waals surface area (Å²) in [5.41, 5.74) is 1.65. The zero-order valence-corrected chi connectivity index (χ0v) is 13.4. The van der Waals surface area contributed by atoms with Gasteiger partial charge in [-0.25, -0.2) is 10.1 Å². The third kappa shape index (κ3) is 3.24. The Bertz CT molecular complexity index is 929. The summed E-state index contributed by atoms with van der Waals surface area (Å²) in [5.74, 6) is 0.471. The second-order valence-corrected chi connectivity index (χ2v) is 5.54. The number of carbonyl (C=O) groups excluding carboxylic acids is 1. The van der Waals surface area contributed by atoms with Gasteiger partial charge in [0.25, 0.3) is 11.5 Å². The number of benzene rings is 1. The molecule has 0 unspecified atom stereocenters. The molecule has 1 amide bonds. The highest BCUT2D eigenvalue weighted by Crippen LogP contribution is 2.22. The molecule has 1 aromatic carbocycles. The number of fused-ring (bicyclic) bond motifs is 1. The molecule has 7 nitrogen and oxygen atoms in total. The number of para-hydroxylation sites is 1. The van der Waals surface area contributed by atoms with Gasteiger partial charge in [-0.15, -0.1) is 0 Å². The summed E-state index contributed by atoms with van der Waals surface area (Å²) in [6.07, 6.45) is 0. The SMILES string of the molecule is CN(C)c1cc(CNC(=O)c2ccc(=O)[nH]n2)c2ccccc2n1. The van der Waals surface area contributed by atoms with Crippen LogP contribution in [0.5, 0.6) is 0 Å². The van der Waals surface area contributed by atoms with Crippen LogP contribution in [0.1, 0.15) is 16.1 Å². The highest BCUT2D eigenvalue weighted by atomic mass is 16.2. The van der Waals surface area contributed by atoms with Crippen molar-refractivity contribution in [3.05, 3.63) is 64.1 Å². The first kappa shape index (κ1) is 15.7. The van der Waals surface area contributed by atoms with Crippen molar-refractivity contribution in [1.29, 1.82) is 0 Å². The van der Waals surface area contributed by atoms with Crippen LogP contribution in [0.15, 0.2) is 47.3 Å². The molecule has 3 rings (SSSR count). The second kappa shape index (κ2) is 6.49. The Hall–Kier alpha value is -3.22. The van der Waals surface area contributed by atoms with E-state index in [-0.39, 0.29) is 17.2 Å². The van der Waals surface area contributed by atoms with Gasteiger partial charge in [-0.1, -0.05) is 18.2 Å². The molecule has 0 atom stereocenters. The first-order chi connectivity index (χ1) is 11.5. The summed E-state index contributed by atoms with van der Waals surface area (Å²) in [4.78, 5) is 29.7. The molecule has 0 aliphatic carbocycles. The van der Waals surface area contributed by atoms with Crippen LogP contribution < -0.4 is 15.8 Å². The van der Waals surface area contributed by atoms with E-state index in [1.165, 1.54) is 12.1 Å². The molecular weight excluding hydrogens is 306 g/mol. The molecule has 0 saturated heterocycles. The molecule has 0 aliphatic heterocycles. The van der Waals surface area contributed by atoms with Crippen molar-refractivity contribution in [2.24, 2.45) is 0 Å². The van der Waals surface area contributed by atoms with Gasteiger partial charge in [0.2, 0.25) is 0 Å². The smallest absolute Gasteiger partial charge is 0.271 e. The first-order valence-corrected chi connectivity index (χ1v) is 7.44. The summed E-state index contributed by atoms with van der Waals surface area (Å²) >= 11 is 0. The van der Waals surface area contributed by atoms with Crippen LogP contribution in [0.4, 0.5) is 5.82 Å². The number of amides is 1. The molecule has 7 heteroatoms. The van der Waals surface area contributed by atoms with Crippen LogP contribution in [0.2, 0.25) is 0 Å². The maximum atomic E-state index is 12.2. The number of hydrogen-bond donors (Lipinski definition) is 2. The Balaban J connectivity index is 1.87. The molecule has 122 valence electrons. The average molecular weight is 323 g/mol. The van der Waals surface area contributed by atoms with Crippen molar-refractivity contribution < 1.29 is 4.79 Å². The third-order valence-corrected chi connectivity index (χ3v) is 3.60. The minimum atomic E-state index is -0.349. The zero-order valence-electron chi connectivity index (χ0n) is 13.4. The predicted octanol–water partition coefficient (Wildman–Crippen LogP) is 1.31. The van der Waals surface area contributed by atoms with E-state index in [1.807, 2.05) is 49.3 Å². The van der Waals surface area contributed by atoms with E-state index in [0.29, 0.717) is 6.54 Å². The van der Waals surface area contributed by atoms with Gasteiger partial charge < -0.3 is 10.2 Å². The maximum Gasteiger partial charge on any atom is 0.271 e. The number of rotatable bonds is 4. The number of pyridine rings is 1. The molecule has 0 saturated carbocycles. The molecular formula is C17H17N5O2. The van der Waals surface area contributed by atoms with Gasteiger partial charge in [-0.2, -0.15) is 5.10 Å². The largest absolute Gasteiger partial charge is 0.363 e. The molecule has 0 radical (unpaired) electrons. The lowest BCUT2D eigenvalue weighted by molar-refractivity contribution is 0.0945. The summed E-state index contributed by atoms with van der Waals surface area (Å²) in [6.45, 7) is 0.337. The van der Waals surface area contributed by atoms with Crippen LogP contribution in [0.3, 0.4) is 0 Å². The van der Waals surface area contributed by atoms with E-state index in [9.17, 15) is 9.59 Å². The summed E-state index contributed by atoms with van der Waals surface area (Å²) in [6, 6.07) is 12.4. The number of nitrogens with one attached hydrogen (secondary N) is 2. The van der Waals surface area contributed by atoms with E-state index in [0.717, 1.165) is 22.3 Å². The standard InChI is InChI=1S/C17H17N5O2/c1-22(2)15-9-11(12-5-3-4-6-13(12)19-15)10-18-17(24)14-7-8-16(23)21-20-14/h3-9H,10H2,1-2H3,(H,18,24)(H,21,23). The van der Waals surface area contributed by atoms with Crippen molar-refractivity contribution in [3.8, 4) is 0 Å². The Labute approximate surface area is 138 Å². The molecule has 24 heavy (non-hydrogen) atoms. The van der Waals surface area contributed by atoms with Gasteiger partial charge in [-0.05, 0) is 23.8 Å². The van der Waals surface area contributed by atoms with E-state index >= 15 is 0 Å². The molecule has 0 spiro atoms. The Kier molecular flexibility index (Phi) is 4.24. The molecule has 0 fully saturated rings. The lowest BCUT2D eigenvalue weighted by atomic mass is 10.1. The van der Waals surface area contributed by atoms with E-state index < -0.39 is 0 Å². The fourth-order valence-electron chi connectivity index (χ4n) is 2.34. The van der Waals surface area contributed by atoms with Gasteiger partial charge >= 0.3 is 0 Å². The summed E-state index contributed by atoms with van der Waals surface area (Å²) in [7, 11) is 3.84. The second-order valence-electron chi connectivity index (χ2n) is 5.54. The van der Waals surface area contributed by atoms with E-state index in [2.05, 4.69) is 20.5 Å². The van der Waals surface area contributed by atoms with Gasteiger partial charge in [0.15, 0.2) is 0 Å². The minimum Gasteiger partial charge on any atom is -0.363 e. The number of nitrogens with zero attached hydrogens (tertiary/aromatic N) is 3. The topological polar surface area (TPSA) is 91.0 Å². The fraction of sp³-hybridized carbons (Fsp3) is 0.176. The summed E-state index contributed by atoms with van der Waals surface area (Å²) in [5, 5.41) is 9.79.